The monoisotopic (exact) mass is 415 g/mol. The van der Waals surface area contributed by atoms with E-state index >= 15 is 0 Å². The largest absolute Gasteiger partial charge is 0.460 e. The number of carbonyl (C=O) groups is 4. The molecule has 1 aromatic heterocycles. The SMILES string of the molecule is COCC1OC(=O)c2coc3c2C1C1=C(C3=O)C2(N)CCC(=O)C2CC1OC(C)=O. The van der Waals surface area contributed by atoms with Crippen LogP contribution in [0, 0.1) is 5.92 Å². The molecule has 5 rings (SSSR count). The number of rotatable bonds is 3. The van der Waals surface area contributed by atoms with Crippen molar-refractivity contribution in [1.82, 2.24) is 0 Å². The van der Waals surface area contributed by atoms with E-state index in [2.05, 4.69) is 0 Å². The Labute approximate surface area is 171 Å². The first kappa shape index (κ1) is 19.2. The Balaban J connectivity index is 1.78. The van der Waals surface area contributed by atoms with Crippen LogP contribution in [-0.2, 0) is 23.8 Å². The number of nitrogens with two attached hydrogens (primary N) is 1. The highest BCUT2D eigenvalue weighted by Gasteiger charge is 2.61. The molecule has 2 heterocycles. The number of furan rings is 1. The molecule has 158 valence electrons. The van der Waals surface area contributed by atoms with Gasteiger partial charge in [0.2, 0.25) is 5.78 Å². The molecule has 1 aromatic rings. The van der Waals surface area contributed by atoms with E-state index in [4.69, 9.17) is 24.4 Å². The van der Waals surface area contributed by atoms with Crippen LogP contribution < -0.4 is 5.73 Å². The van der Waals surface area contributed by atoms with Gasteiger partial charge in [-0.15, -0.1) is 0 Å². The molecule has 2 N–H and O–H groups in total. The minimum absolute atomic E-state index is 0.0258. The lowest BCUT2D eigenvalue weighted by Crippen LogP contribution is -2.57. The number of ketones is 2. The summed E-state index contributed by atoms with van der Waals surface area (Å²) in [5.74, 6) is -2.88. The van der Waals surface area contributed by atoms with E-state index in [0.29, 0.717) is 17.6 Å². The van der Waals surface area contributed by atoms with E-state index in [0.717, 1.165) is 0 Å². The second-order valence-corrected chi connectivity index (χ2v) is 8.32. The summed E-state index contributed by atoms with van der Waals surface area (Å²) in [6, 6.07) is 0. The molecule has 4 aliphatic rings. The van der Waals surface area contributed by atoms with Crippen molar-refractivity contribution in [1.29, 1.82) is 0 Å². The van der Waals surface area contributed by atoms with Crippen LogP contribution in [0.3, 0.4) is 0 Å². The summed E-state index contributed by atoms with van der Waals surface area (Å²) < 4.78 is 21.9. The molecule has 0 aromatic carbocycles. The van der Waals surface area contributed by atoms with Crippen LogP contribution in [0.4, 0.5) is 0 Å². The fraction of sp³-hybridized carbons (Fsp3) is 0.524. The topological polar surface area (TPSA) is 135 Å². The van der Waals surface area contributed by atoms with Gasteiger partial charge in [-0.25, -0.2) is 4.79 Å². The lowest BCUT2D eigenvalue weighted by atomic mass is 9.61. The number of ether oxygens (including phenoxy) is 3. The highest BCUT2D eigenvalue weighted by Crippen LogP contribution is 2.55. The van der Waals surface area contributed by atoms with Crippen molar-refractivity contribution >= 4 is 23.5 Å². The van der Waals surface area contributed by atoms with E-state index in [-0.39, 0.29) is 42.1 Å². The standard InChI is InChI=1S/C21H21NO8/c1-8(23)29-12-5-10-11(24)3-4-21(10,22)17-16(12)15-13(7-27-2)30-20(26)9-6-28-19(14(9)15)18(17)25/h6,10,12-13,15H,3-5,7,22H2,1-2H3. The summed E-state index contributed by atoms with van der Waals surface area (Å²) in [5, 5.41) is 0. The summed E-state index contributed by atoms with van der Waals surface area (Å²) in [7, 11) is 1.48. The molecule has 9 heteroatoms. The third kappa shape index (κ3) is 2.36. The molecule has 5 unspecified atom stereocenters. The average molecular weight is 415 g/mol. The van der Waals surface area contributed by atoms with Gasteiger partial charge in [-0.05, 0) is 12.0 Å². The van der Waals surface area contributed by atoms with E-state index < -0.39 is 47.3 Å². The van der Waals surface area contributed by atoms with Gasteiger partial charge >= 0.3 is 11.9 Å². The predicted molar refractivity (Wildman–Crippen MR) is 98.7 cm³/mol. The molecule has 1 aliphatic heterocycles. The number of Topliss-reactive ketones (excluding diaryl/α,β-unsaturated/α-hetero) is 2. The summed E-state index contributed by atoms with van der Waals surface area (Å²) in [5.41, 5.74) is 6.86. The lowest BCUT2D eigenvalue weighted by Gasteiger charge is -2.47. The number of hydrogen-bond acceptors (Lipinski definition) is 9. The number of methoxy groups -OCH3 is 1. The van der Waals surface area contributed by atoms with Crippen LogP contribution in [0.2, 0.25) is 0 Å². The Hall–Kier alpha value is -2.78. The Morgan fingerprint density at radius 1 is 1.33 bits per heavy atom. The van der Waals surface area contributed by atoms with E-state index in [1.54, 1.807) is 0 Å². The number of cyclic esters (lactones) is 1. The Morgan fingerprint density at radius 2 is 2.10 bits per heavy atom. The molecule has 5 atom stereocenters. The molecule has 30 heavy (non-hydrogen) atoms. The average Bonchev–Trinajstić information content (AvgIpc) is 3.24. The highest BCUT2D eigenvalue weighted by molar-refractivity contribution is 6.15. The van der Waals surface area contributed by atoms with Gasteiger partial charge in [0.15, 0.2) is 5.76 Å². The van der Waals surface area contributed by atoms with Crippen molar-refractivity contribution in [2.75, 3.05) is 13.7 Å². The quantitative estimate of drug-likeness (QED) is 0.719. The van der Waals surface area contributed by atoms with Crippen LogP contribution in [0.1, 0.15) is 58.6 Å². The fourth-order valence-electron chi connectivity index (χ4n) is 5.62. The van der Waals surface area contributed by atoms with E-state index in [1.807, 2.05) is 0 Å². The second kappa shape index (κ2) is 6.36. The predicted octanol–water partition coefficient (Wildman–Crippen LogP) is 1.05. The normalized spacial score (nSPS) is 34.3. The van der Waals surface area contributed by atoms with Gasteiger partial charge in [0.05, 0.1) is 18.1 Å². The Bertz CT molecular complexity index is 1040. The second-order valence-electron chi connectivity index (χ2n) is 8.32. The Morgan fingerprint density at radius 3 is 2.80 bits per heavy atom. The smallest absolute Gasteiger partial charge is 0.342 e. The van der Waals surface area contributed by atoms with Gasteiger partial charge in [-0.3, -0.25) is 14.4 Å². The summed E-state index contributed by atoms with van der Waals surface area (Å²) in [6.45, 7) is 1.34. The van der Waals surface area contributed by atoms with Crippen LogP contribution in [0.15, 0.2) is 21.8 Å². The molecule has 3 aliphatic carbocycles. The molecular weight excluding hydrogens is 394 g/mol. The fourth-order valence-corrected chi connectivity index (χ4v) is 5.62. The maximum atomic E-state index is 13.5. The zero-order valence-corrected chi connectivity index (χ0v) is 16.6. The first-order valence-corrected chi connectivity index (χ1v) is 9.87. The van der Waals surface area contributed by atoms with Crippen LogP contribution in [-0.4, -0.2) is 55.0 Å². The maximum Gasteiger partial charge on any atom is 0.342 e. The first-order chi connectivity index (χ1) is 14.3. The number of carbonyl (C=O) groups excluding carboxylic acids is 4. The van der Waals surface area contributed by atoms with Gasteiger partial charge in [0, 0.05) is 43.9 Å². The van der Waals surface area contributed by atoms with Gasteiger partial charge in [-0.1, -0.05) is 0 Å². The van der Waals surface area contributed by atoms with Crippen LogP contribution in [0.5, 0.6) is 0 Å². The molecule has 0 bridgehead atoms. The van der Waals surface area contributed by atoms with Crippen molar-refractivity contribution in [3.63, 3.8) is 0 Å². The van der Waals surface area contributed by atoms with Crippen molar-refractivity contribution in [3.8, 4) is 0 Å². The minimum Gasteiger partial charge on any atom is -0.460 e. The van der Waals surface area contributed by atoms with Gasteiger partial charge < -0.3 is 24.4 Å². The first-order valence-electron chi connectivity index (χ1n) is 9.87. The minimum atomic E-state index is -1.18. The van der Waals surface area contributed by atoms with Gasteiger partial charge in [-0.2, -0.15) is 0 Å². The van der Waals surface area contributed by atoms with Crippen LogP contribution in [0.25, 0.3) is 0 Å². The zero-order chi connectivity index (χ0) is 21.4. The molecule has 9 nitrogen and oxygen atoms in total. The van der Waals surface area contributed by atoms with Crippen LogP contribution >= 0.6 is 0 Å². The lowest BCUT2D eigenvalue weighted by molar-refractivity contribution is -0.147. The maximum absolute atomic E-state index is 13.5. The van der Waals surface area contributed by atoms with Crippen molar-refractivity contribution in [3.05, 3.63) is 34.3 Å². The third-order valence-electron chi connectivity index (χ3n) is 6.74. The van der Waals surface area contributed by atoms with Gasteiger partial charge in [0.25, 0.3) is 0 Å². The van der Waals surface area contributed by atoms with Crippen molar-refractivity contribution in [2.45, 2.75) is 49.9 Å². The molecule has 0 radical (unpaired) electrons. The summed E-state index contributed by atoms with van der Waals surface area (Å²) in [4.78, 5) is 50.5. The highest BCUT2D eigenvalue weighted by atomic mass is 16.6. The zero-order valence-electron chi connectivity index (χ0n) is 16.6. The molecule has 1 fully saturated rings. The number of esters is 2. The van der Waals surface area contributed by atoms with Crippen molar-refractivity contribution < 1.29 is 37.8 Å². The van der Waals surface area contributed by atoms with E-state index in [1.165, 1.54) is 20.3 Å². The summed E-state index contributed by atoms with van der Waals surface area (Å²) >= 11 is 0. The molecular formula is C21H21NO8. The Kier molecular flexibility index (Phi) is 4.07. The molecule has 1 saturated carbocycles. The molecule has 0 spiro atoms. The van der Waals surface area contributed by atoms with Gasteiger partial charge in [0.1, 0.15) is 29.8 Å². The summed E-state index contributed by atoms with van der Waals surface area (Å²) in [6.07, 6.45) is 0.379. The molecule has 0 saturated heterocycles. The molecule has 0 amide bonds. The van der Waals surface area contributed by atoms with E-state index in [9.17, 15) is 19.2 Å². The third-order valence-corrected chi connectivity index (χ3v) is 6.74. The number of fused-ring (bicyclic) bond motifs is 3. The number of hydrogen-bond donors (Lipinski definition) is 1. The van der Waals surface area contributed by atoms with Crippen molar-refractivity contribution in [2.24, 2.45) is 11.7 Å².